The van der Waals surface area contributed by atoms with Gasteiger partial charge >= 0.3 is 13.1 Å². The molecule has 1 aromatic rings. The zero-order valence-corrected chi connectivity index (χ0v) is 21.9. The van der Waals surface area contributed by atoms with Crippen molar-refractivity contribution in [2.24, 2.45) is 0 Å². The minimum absolute atomic E-state index is 0.108. The maximum atomic E-state index is 13.5. The fourth-order valence-electron chi connectivity index (χ4n) is 4.50. The Balaban J connectivity index is 1.66. The zero-order chi connectivity index (χ0) is 26.6. The van der Waals surface area contributed by atoms with E-state index in [1.807, 2.05) is 33.8 Å². The zero-order valence-electron chi connectivity index (χ0n) is 21.9. The van der Waals surface area contributed by atoms with Gasteiger partial charge in [-0.1, -0.05) is 0 Å². The van der Waals surface area contributed by atoms with Crippen molar-refractivity contribution < 1.29 is 33.2 Å². The highest BCUT2D eigenvalue weighted by molar-refractivity contribution is 6.62. The van der Waals surface area contributed by atoms with Gasteiger partial charge in [0.2, 0.25) is 11.8 Å². The van der Waals surface area contributed by atoms with Crippen molar-refractivity contribution in [2.45, 2.75) is 90.7 Å². The van der Waals surface area contributed by atoms with E-state index in [4.69, 9.17) is 14.0 Å². The summed E-state index contributed by atoms with van der Waals surface area (Å²) < 4.78 is 17.8. The number of anilines is 1. The lowest BCUT2D eigenvalue weighted by Gasteiger charge is -2.32. The van der Waals surface area contributed by atoms with Crippen LogP contribution in [0.2, 0.25) is 0 Å². The van der Waals surface area contributed by atoms with Crippen LogP contribution in [0.3, 0.4) is 0 Å². The molecule has 2 N–H and O–H groups in total. The summed E-state index contributed by atoms with van der Waals surface area (Å²) in [6.07, 6.45) is 0.425. The normalized spacial score (nSPS) is 23.0. The summed E-state index contributed by atoms with van der Waals surface area (Å²) >= 11 is 0. The predicted octanol–water partition coefficient (Wildman–Crippen LogP) is 1.50. The Bertz CT molecular complexity index is 1110. The Morgan fingerprint density at radius 2 is 1.81 bits per heavy atom. The lowest BCUT2D eigenvalue weighted by atomic mass is 9.77. The molecule has 3 aliphatic rings. The minimum atomic E-state index is -0.749. The number of hydrogen-bond acceptors (Lipinski definition) is 8. The van der Waals surface area contributed by atoms with Crippen molar-refractivity contribution in [3.63, 3.8) is 0 Å². The van der Waals surface area contributed by atoms with E-state index in [2.05, 4.69) is 10.6 Å². The number of benzene rings is 1. The van der Waals surface area contributed by atoms with Gasteiger partial charge in [-0.15, -0.1) is 0 Å². The summed E-state index contributed by atoms with van der Waals surface area (Å²) in [5.74, 6) is -1.59. The quantitative estimate of drug-likeness (QED) is 0.355. The first kappa shape index (κ1) is 26.2. The number of piperidine rings is 1. The van der Waals surface area contributed by atoms with Crippen molar-refractivity contribution in [2.75, 3.05) is 11.9 Å². The van der Waals surface area contributed by atoms with Crippen LogP contribution in [0.25, 0.3) is 0 Å². The maximum absolute atomic E-state index is 13.5. The van der Waals surface area contributed by atoms with Crippen LogP contribution in [0.15, 0.2) is 12.1 Å². The van der Waals surface area contributed by atoms with Crippen LogP contribution in [0.5, 0.6) is 0 Å². The first-order chi connectivity index (χ1) is 16.6. The van der Waals surface area contributed by atoms with Gasteiger partial charge < -0.3 is 24.3 Å². The predicted molar refractivity (Wildman–Crippen MR) is 133 cm³/mol. The third-order valence-electron chi connectivity index (χ3n) is 7.05. The number of rotatable bonds is 5. The molecule has 11 heteroatoms. The molecule has 0 aromatic heterocycles. The third-order valence-corrected chi connectivity index (χ3v) is 7.05. The average molecular weight is 499 g/mol. The highest BCUT2D eigenvalue weighted by atomic mass is 16.7. The van der Waals surface area contributed by atoms with Gasteiger partial charge in [0.1, 0.15) is 18.2 Å². The Hall–Kier alpha value is -2.92. The first-order valence-corrected chi connectivity index (χ1v) is 12.2. The first-order valence-electron chi connectivity index (χ1n) is 12.2. The van der Waals surface area contributed by atoms with Gasteiger partial charge in [-0.3, -0.25) is 24.5 Å². The molecular formula is C25H34BN3O7. The average Bonchev–Trinajstić information content (AvgIpc) is 3.17. The second kappa shape index (κ2) is 8.88. The number of fused-ring (bicyclic) bond motifs is 1. The largest absolute Gasteiger partial charge is 0.494 e. The summed E-state index contributed by atoms with van der Waals surface area (Å²) in [5, 5.41) is 5.43. The van der Waals surface area contributed by atoms with Gasteiger partial charge in [-0.05, 0) is 72.5 Å². The topological polar surface area (TPSA) is 123 Å². The van der Waals surface area contributed by atoms with Crippen molar-refractivity contribution in [1.82, 2.24) is 10.2 Å². The monoisotopic (exact) mass is 499 g/mol. The van der Waals surface area contributed by atoms with Crippen LogP contribution in [0, 0.1) is 0 Å². The molecule has 3 aliphatic heterocycles. The van der Waals surface area contributed by atoms with Crippen LogP contribution in [0.1, 0.15) is 77.2 Å². The molecule has 10 nitrogen and oxygen atoms in total. The van der Waals surface area contributed by atoms with E-state index >= 15 is 0 Å². The molecule has 2 saturated heterocycles. The molecule has 36 heavy (non-hydrogen) atoms. The van der Waals surface area contributed by atoms with Crippen LogP contribution >= 0.6 is 0 Å². The molecule has 194 valence electrons. The summed E-state index contributed by atoms with van der Waals surface area (Å²) in [7, 11) is -0.722. The summed E-state index contributed by atoms with van der Waals surface area (Å²) in [4.78, 5) is 51.5. The lowest BCUT2D eigenvalue weighted by molar-refractivity contribution is -0.152. The molecule has 3 heterocycles. The van der Waals surface area contributed by atoms with Crippen LogP contribution in [-0.4, -0.2) is 65.1 Å². The minimum Gasteiger partial charge on any atom is -0.459 e. The summed E-state index contributed by atoms with van der Waals surface area (Å²) in [6.45, 7) is 13.2. The highest BCUT2D eigenvalue weighted by Gasteiger charge is 2.52. The molecule has 2 fully saturated rings. The molecule has 0 saturated carbocycles. The van der Waals surface area contributed by atoms with Gasteiger partial charge in [0.15, 0.2) is 0 Å². The number of nitrogens with zero attached hydrogens (tertiary/aromatic N) is 1. The molecule has 4 rings (SSSR count). The molecule has 0 radical (unpaired) electrons. The molecule has 3 amide bonds. The molecule has 0 aliphatic carbocycles. The maximum Gasteiger partial charge on any atom is 0.494 e. The van der Waals surface area contributed by atoms with Crippen LogP contribution < -0.4 is 16.1 Å². The third kappa shape index (κ3) is 4.99. The Morgan fingerprint density at radius 1 is 1.17 bits per heavy atom. The van der Waals surface area contributed by atoms with E-state index in [9.17, 15) is 19.2 Å². The Kier molecular flexibility index (Phi) is 6.45. The molecule has 0 bridgehead atoms. The van der Waals surface area contributed by atoms with E-state index in [0.29, 0.717) is 22.3 Å². The Morgan fingerprint density at radius 3 is 2.39 bits per heavy atom. The number of ether oxygens (including phenoxy) is 1. The number of esters is 1. The fraction of sp³-hybridized carbons (Fsp3) is 0.600. The number of amides is 3. The van der Waals surface area contributed by atoms with Gasteiger partial charge in [0.05, 0.1) is 11.2 Å². The Labute approximate surface area is 211 Å². The molecular weight excluding hydrogens is 465 g/mol. The van der Waals surface area contributed by atoms with Crippen LogP contribution in [-0.2, 0) is 35.0 Å². The highest BCUT2D eigenvalue weighted by Crippen LogP contribution is 2.38. The lowest BCUT2D eigenvalue weighted by Crippen LogP contribution is -2.52. The van der Waals surface area contributed by atoms with Gasteiger partial charge in [-0.2, -0.15) is 0 Å². The smallest absolute Gasteiger partial charge is 0.459 e. The standard InChI is InChI=1S/C25H34BN3O7/c1-23(2,3)34-20(31)12-27-17-11-14(26-35-24(4,5)25(6,7)36-26)10-15-16(17)13-29(22(15)33)18-8-9-19(30)28-21(18)32/h10-11,18,27H,8-9,12-13H2,1-7H3,(H,28,30,32). The van der Waals surface area contributed by atoms with Crippen molar-refractivity contribution >= 4 is 42.0 Å². The number of carbonyl (C=O) groups is 4. The molecule has 1 atom stereocenters. The number of hydrogen-bond donors (Lipinski definition) is 2. The second-order valence-electron chi connectivity index (χ2n) is 11.5. The fourth-order valence-corrected chi connectivity index (χ4v) is 4.50. The van der Waals surface area contributed by atoms with Crippen molar-refractivity contribution in [1.29, 1.82) is 0 Å². The van der Waals surface area contributed by atoms with E-state index in [1.54, 1.807) is 26.8 Å². The van der Waals surface area contributed by atoms with E-state index in [1.165, 1.54) is 4.90 Å². The second-order valence-corrected chi connectivity index (χ2v) is 11.5. The molecule has 1 aromatic carbocycles. The van der Waals surface area contributed by atoms with Gasteiger partial charge in [0.25, 0.3) is 5.91 Å². The summed E-state index contributed by atoms with van der Waals surface area (Å²) in [5.41, 5.74) is 0.451. The van der Waals surface area contributed by atoms with Crippen LogP contribution in [0.4, 0.5) is 5.69 Å². The SMILES string of the molecule is CC(C)(C)OC(=O)CNc1cc(B2OC(C)(C)C(C)(C)O2)cc2c1CN(C1CCC(=O)NC1=O)C2=O. The van der Waals surface area contributed by atoms with Crippen molar-refractivity contribution in [3.05, 3.63) is 23.3 Å². The number of carbonyl (C=O) groups excluding carboxylic acids is 4. The number of nitrogens with one attached hydrogen (secondary N) is 2. The summed E-state index contributed by atoms with van der Waals surface area (Å²) in [6, 6.07) is 2.79. The molecule has 1 unspecified atom stereocenters. The van der Waals surface area contributed by atoms with Crippen molar-refractivity contribution in [3.8, 4) is 0 Å². The molecule has 0 spiro atoms. The van der Waals surface area contributed by atoms with E-state index in [0.717, 1.165) is 0 Å². The van der Waals surface area contributed by atoms with Gasteiger partial charge in [-0.25, -0.2) is 0 Å². The van der Waals surface area contributed by atoms with E-state index in [-0.39, 0.29) is 37.7 Å². The number of imide groups is 1. The van der Waals surface area contributed by atoms with Gasteiger partial charge in [0, 0.05) is 29.8 Å². The van der Waals surface area contributed by atoms with E-state index < -0.39 is 41.8 Å².